The molecule has 1 rings (SSSR count). The Hall–Kier alpha value is -2.08. The first-order valence-corrected chi connectivity index (χ1v) is 5.37. The van der Waals surface area contributed by atoms with Gasteiger partial charge in [0.25, 0.3) is 0 Å². The highest BCUT2D eigenvalue weighted by molar-refractivity contribution is 5.92. The third-order valence-corrected chi connectivity index (χ3v) is 2.56. The van der Waals surface area contributed by atoms with Gasteiger partial charge in [-0.3, -0.25) is 4.79 Å². The van der Waals surface area contributed by atoms with Crippen LogP contribution in [0.25, 0.3) is 0 Å². The van der Waals surface area contributed by atoms with Gasteiger partial charge < -0.3 is 10.5 Å². The summed E-state index contributed by atoms with van der Waals surface area (Å²) in [5, 5.41) is 0. The van der Waals surface area contributed by atoms with Crippen LogP contribution in [-0.4, -0.2) is 11.7 Å². The van der Waals surface area contributed by atoms with Gasteiger partial charge in [-0.15, -0.1) is 12.3 Å². The highest BCUT2D eigenvalue weighted by Crippen LogP contribution is 2.23. The number of carbonyl (C=O) groups is 2. The van der Waals surface area contributed by atoms with Gasteiger partial charge in [0, 0.05) is 24.3 Å². The minimum atomic E-state index is -0.461. The average Bonchev–Trinajstić information content (AvgIpc) is 2.28. The number of Topliss-reactive ketones (excluding diaryl/α,β-unsaturated/α-hetero) is 1. The number of carbonyl (C=O) groups excluding carboxylic acids is 2. The molecule has 2 N–H and O–H groups in total. The number of rotatable bonds is 5. The Morgan fingerprint density at radius 3 is 2.35 bits per heavy atom. The lowest BCUT2D eigenvalue weighted by atomic mass is 9.91. The quantitative estimate of drug-likeness (QED) is 0.783. The van der Waals surface area contributed by atoms with E-state index in [1.807, 2.05) is 0 Å². The molecule has 1 atom stereocenters. The van der Waals surface area contributed by atoms with E-state index in [1.54, 1.807) is 31.2 Å². The third-order valence-electron chi connectivity index (χ3n) is 2.56. The summed E-state index contributed by atoms with van der Waals surface area (Å²) >= 11 is 0. The first-order valence-electron chi connectivity index (χ1n) is 5.37. The SMILES string of the molecule is C#CCC(CC(C)=O)c1ccc(C(N)=O)cc1. The zero-order valence-electron chi connectivity index (χ0n) is 9.77. The monoisotopic (exact) mass is 229 g/mol. The molecule has 88 valence electrons. The molecule has 17 heavy (non-hydrogen) atoms. The van der Waals surface area contributed by atoms with Crippen molar-refractivity contribution >= 4 is 11.7 Å². The van der Waals surface area contributed by atoms with Gasteiger partial charge >= 0.3 is 0 Å². The van der Waals surface area contributed by atoms with Crippen molar-refractivity contribution in [2.75, 3.05) is 0 Å². The van der Waals surface area contributed by atoms with Crippen molar-refractivity contribution in [1.82, 2.24) is 0 Å². The molecule has 0 heterocycles. The fourth-order valence-electron chi connectivity index (χ4n) is 1.72. The summed E-state index contributed by atoms with van der Waals surface area (Å²) in [6.07, 6.45) is 6.21. The van der Waals surface area contributed by atoms with Crippen LogP contribution in [0.4, 0.5) is 0 Å². The van der Waals surface area contributed by atoms with Gasteiger partial charge in [-0.25, -0.2) is 0 Å². The summed E-state index contributed by atoms with van der Waals surface area (Å²) < 4.78 is 0. The molecule has 0 bridgehead atoms. The van der Waals surface area contributed by atoms with Crippen molar-refractivity contribution < 1.29 is 9.59 Å². The normalized spacial score (nSPS) is 11.5. The first kappa shape index (κ1) is 13.0. The summed E-state index contributed by atoms with van der Waals surface area (Å²) in [6, 6.07) is 6.90. The Morgan fingerprint density at radius 2 is 1.94 bits per heavy atom. The Bertz CT molecular complexity index is 454. The number of benzene rings is 1. The third kappa shape index (κ3) is 3.76. The molecule has 0 aliphatic carbocycles. The van der Waals surface area contributed by atoms with Crippen LogP contribution >= 0.6 is 0 Å². The Balaban J connectivity index is 2.91. The van der Waals surface area contributed by atoms with Gasteiger partial charge in [-0.05, 0) is 24.6 Å². The van der Waals surface area contributed by atoms with E-state index >= 15 is 0 Å². The van der Waals surface area contributed by atoms with Crippen LogP contribution in [0.15, 0.2) is 24.3 Å². The van der Waals surface area contributed by atoms with Crippen LogP contribution in [0.1, 0.15) is 41.6 Å². The van der Waals surface area contributed by atoms with Gasteiger partial charge in [0.15, 0.2) is 0 Å². The second-order valence-electron chi connectivity index (χ2n) is 4.00. The number of hydrogen-bond acceptors (Lipinski definition) is 2. The number of terminal acetylenes is 1. The van der Waals surface area contributed by atoms with Crippen LogP contribution in [0.3, 0.4) is 0 Å². The van der Waals surface area contributed by atoms with Crippen LogP contribution in [0, 0.1) is 12.3 Å². The van der Waals surface area contributed by atoms with Crippen molar-refractivity contribution in [2.45, 2.75) is 25.7 Å². The summed E-state index contributed by atoms with van der Waals surface area (Å²) in [4.78, 5) is 22.1. The van der Waals surface area contributed by atoms with Crippen molar-refractivity contribution in [3.8, 4) is 12.3 Å². The highest BCUT2D eigenvalue weighted by Gasteiger charge is 2.13. The van der Waals surface area contributed by atoms with Crippen molar-refractivity contribution in [3.05, 3.63) is 35.4 Å². The molecule has 0 aliphatic heterocycles. The van der Waals surface area contributed by atoms with E-state index in [-0.39, 0.29) is 11.7 Å². The van der Waals surface area contributed by atoms with Crippen LogP contribution < -0.4 is 5.73 Å². The molecule has 1 unspecified atom stereocenters. The Morgan fingerprint density at radius 1 is 1.35 bits per heavy atom. The Labute approximate surface area is 101 Å². The van der Waals surface area contributed by atoms with Crippen LogP contribution in [0.5, 0.6) is 0 Å². The standard InChI is InChI=1S/C14H15NO2/c1-3-4-13(9-10(2)16)11-5-7-12(8-6-11)14(15)17/h1,5-8,13H,4,9H2,2H3,(H2,15,17). The Kier molecular flexibility index (Phi) is 4.47. The zero-order chi connectivity index (χ0) is 12.8. The summed E-state index contributed by atoms with van der Waals surface area (Å²) in [6.45, 7) is 1.54. The maximum Gasteiger partial charge on any atom is 0.248 e. The maximum absolute atomic E-state index is 11.1. The first-order chi connectivity index (χ1) is 8.04. The molecule has 0 saturated heterocycles. The molecule has 0 saturated carbocycles. The predicted molar refractivity (Wildman–Crippen MR) is 66.4 cm³/mol. The van der Waals surface area contributed by atoms with Gasteiger partial charge in [0.05, 0.1) is 0 Å². The average molecular weight is 229 g/mol. The van der Waals surface area contributed by atoms with Gasteiger partial charge in [-0.1, -0.05) is 12.1 Å². The lowest BCUT2D eigenvalue weighted by Gasteiger charge is -2.13. The van der Waals surface area contributed by atoms with Crippen LogP contribution in [-0.2, 0) is 4.79 Å². The number of ketones is 1. The predicted octanol–water partition coefficient (Wildman–Crippen LogP) is 1.87. The van der Waals surface area contributed by atoms with Crippen molar-refractivity contribution in [3.63, 3.8) is 0 Å². The molecular weight excluding hydrogens is 214 g/mol. The topological polar surface area (TPSA) is 60.2 Å². The molecule has 0 fully saturated rings. The highest BCUT2D eigenvalue weighted by atomic mass is 16.1. The molecule has 0 spiro atoms. The minimum Gasteiger partial charge on any atom is -0.366 e. The number of hydrogen-bond donors (Lipinski definition) is 1. The molecule has 0 aliphatic rings. The lowest BCUT2D eigenvalue weighted by molar-refractivity contribution is -0.117. The molecule has 3 nitrogen and oxygen atoms in total. The molecule has 1 aromatic carbocycles. The zero-order valence-corrected chi connectivity index (χ0v) is 9.77. The van der Waals surface area contributed by atoms with E-state index in [0.29, 0.717) is 18.4 Å². The lowest BCUT2D eigenvalue weighted by Crippen LogP contribution is -2.11. The second-order valence-corrected chi connectivity index (χ2v) is 4.00. The van der Waals surface area contributed by atoms with Crippen molar-refractivity contribution in [1.29, 1.82) is 0 Å². The summed E-state index contributed by atoms with van der Waals surface area (Å²) in [5.41, 5.74) is 6.57. The molecule has 1 aromatic rings. The van der Waals surface area contributed by atoms with E-state index in [9.17, 15) is 9.59 Å². The van der Waals surface area contributed by atoms with Gasteiger partial charge in [-0.2, -0.15) is 0 Å². The largest absolute Gasteiger partial charge is 0.366 e. The fourth-order valence-corrected chi connectivity index (χ4v) is 1.72. The molecule has 3 heteroatoms. The minimum absolute atomic E-state index is 0.0134. The van der Waals surface area contributed by atoms with Crippen molar-refractivity contribution in [2.24, 2.45) is 5.73 Å². The summed E-state index contributed by atoms with van der Waals surface area (Å²) in [7, 11) is 0. The summed E-state index contributed by atoms with van der Waals surface area (Å²) in [5.74, 6) is 2.22. The van der Waals surface area contributed by atoms with Gasteiger partial charge in [0.2, 0.25) is 5.91 Å². The molecular formula is C14H15NO2. The van der Waals surface area contributed by atoms with Crippen LogP contribution in [0.2, 0.25) is 0 Å². The van der Waals surface area contributed by atoms with Gasteiger partial charge in [0.1, 0.15) is 5.78 Å². The van der Waals surface area contributed by atoms with E-state index in [2.05, 4.69) is 5.92 Å². The molecule has 0 aromatic heterocycles. The van der Waals surface area contributed by atoms with E-state index < -0.39 is 5.91 Å². The maximum atomic E-state index is 11.1. The number of nitrogens with two attached hydrogens (primary N) is 1. The van der Waals surface area contributed by atoms with E-state index in [0.717, 1.165) is 5.56 Å². The smallest absolute Gasteiger partial charge is 0.248 e. The number of amides is 1. The second kappa shape index (κ2) is 5.86. The van der Waals surface area contributed by atoms with E-state index in [4.69, 9.17) is 12.2 Å². The molecule has 1 amide bonds. The number of primary amides is 1. The van der Waals surface area contributed by atoms with E-state index in [1.165, 1.54) is 0 Å². The fraction of sp³-hybridized carbons (Fsp3) is 0.286. The molecule has 0 radical (unpaired) electrons.